The van der Waals surface area contributed by atoms with Gasteiger partial charge in [0.1, 0.15) is 0 Å². The SMILES string of the molecule is CN(c1ncc(Br)cc1N)C1CCOC1. The first-order valence-electron chi connectivity index (χ1n) is 4.90. The minimum Gasteiger partial charge on any atom is -0.396 e. The van der Waals surface area contributed by atoms with E-state index < -0.39 is 0 Å². The van der Waals surface area contributed by atoms with Gasteiger partial charge in [0.15, 0.2) is 5.82 Å². The fourth-order valence-electron chi connectivity index (χ4n) is 1.74. The summed E-state index contributed by atoms with van der Waals surface area (Å²) in [6, 6.07) is 2.26. The Hall–Kier alpha value is -0.810. The van der Waals surface area contributed by atoms with Crippen molar-refractivity contribution < 1.29 is 4.74 Å². The second-order valence-corrected chi connectivity index (χ2v) is 4.61. The Kier molecular flexibility index (Phi) is 3.11. The number of halogens is 1. The molecule has 4 nitrogen and oxygen atoms in total. The molecule has 5 heteroatoms. The molecular formula is C10H14BrN3O. The summed E-state index contributed by atoms with van der Waals surface area (Å²) in [5, 5.41) is 0. The van der Waals surface area contributed by atoms with Gasteiger partial charge < -0.3 is 15.4 Å². The third kappa shape index (κ3) is 2.23. The fourth-order valence-corrected chi connectivity index (χ4v) is 2.09. The zero-order valence-corrected chi connectivity index (χ0v) is 10.2. The average Bonchev–Trinajstić information content (AvgIpc) is 2.69. The van der Waals surface area contributed by atoms with E-state index in [1.165, 1.54) is 0 Å². The molecule has 0 aliphatic carbocycles. The third-order valence-corrected chi connectivity index (χ3v) is 3.08. The lowest BCUT2D eigenvalue weighted by Gasteiger charge is -2.25. The normalized spacial score (nSPS) is 20.5. The Bertz CT molecular complexity index is 353. The zero-order valence-electron chi connectivity index (χ0n) is 8.61. The minimum atomic E-state index is 0.390. The Morgan fingerprint density at radius 2 is 2.47 bits per heavy atom. The van der Waals surface area contributed by atoms with Crippen LogP contribution in [0.25, 0.3) is 0 Å². The van der Waals surface area contributed by atoms with Crippen LogP contribution in [0.15, 0.2) is 16.7 Å². The van der Waals surface area contributed by atoms with Gasteiger partial charge in [-0.05, 0) is 28.4 Å². The molecule has 2 heterocycles. The van der Waals surface area contributed by atoms with Crippen LogP contribution < -0.4 is 10.6 Å². The van der Waals surface area contributed by atoms with Gasteiger partial charge in [0.2, 0.25) is 0 Å². The van der Waals surface area contributed by atoms with Gasteiger partial charge in [-0.25, -0.2) is 4.98 Å². The number of pyridine rings is 1. The van der Waals surface area contributed by atoms with E-state index in [-0.39, 0.29) is 0 Å². The molecule has 0 amide bonds. The van der Waals surface area contributed by atoms with Crippen LogP contribution in [0, 0.1) is 0 Å². The Morgan fingerprint density at radius 3 is 3.07 bits per heavy atom. The number of hydrogen-bond acceptors (Lipinski definition) is 4. The van der Waals surface area contributed by atoms with Crippen molar-refractivity contribution in [3.63, 3.8) is 0 Å². The zero-order chi connectivity index (χ0) is 10.8. The van der Waals surface area contributed by atoms with Crippen LogP contribution in [-0.4, -0.2) is 31.3 Å². The molecule has 0 bridgehead atoms. The predicted octanol–water partition coefficient (Wildman–Crippen LogP) is 1.65. The molecule has 0 spiro atoms. The predicted molar refractivity (Wildman–Crippen MR) is 64.0 cm³/mol. The molecule has 1 saturated heterocycles. The molecule has 82 valence electrons. The smallest absolute Gasteiger partial charge is 0.151 e. The van der Waals surface area contributed by atoms with Crippen molar-refractivity contribution in [1.29, 1.82) is 0 Å². The van der Waals surface area contributed by atoms with Gasteiger partial charge in [-0.15, -0.1) is 0 Å². The van der Waals surface area contributed by atoms with Gasteiger partial charge in [0.25, 0.3) is 0 Å². The van der Waals surface area contributed by atoms with E-state index in [1.54, 1.807) is 6.20 Å². The molecule has 1 unspecified atom stereocenters. The van der Waals surface area contributed by atoms with Gasteiger partial charge in [-0.2, -0.15) is 0 Å². The number of hydrogen-bond donors (Lipinski definition) is 1. The Morgan fingerprint density at radius 1 is 1.67 bits per heavy atom. The molecule has 15 heavy (non-hydrogen) atoms. The first kappa shape index (κ1) is 10.7. The Labute approximate surface area is 97.6 Å². The molecule has 2 N–H and O–H groups in total. The number of ether oxygens (including phenoxy) is 1. The standard InChI is InChI=1S/C10H14BrN3O/c1-14(8-2-3-15-6-8)10-9(12)4-7(11)5-13-10/h4-5,8H,2-3,6,12H2,1H3. The molecule has 1 atom stereocenters. The van der Waals surface area contributed by atoms with Crippen molar-refractivity contribution in [3.8, 4) is 0 Å². The molecule has 0 saturated carbocycles. The van der Waals surface area contributed by atoms with Crippen LogP contribution in [0.5, 0.6) is 0 Å². The second-order valence-electron chi connectivity index (χ2n) is 3.69. The van der Waals surface area contributed by atoms with Gasteiger partial charge >= 0.3 is 0 Å². The van der Waals surface area contributed by atoms with Gasteiger partial charge in [-0.1, -0.05) is 0 Å². The fraction of sp³-hybridized carbons (Fsp3) is 0.500. The number of nitrogen functional groups attached to an aromatic ring is 1. The number of rotatable bonds is 2. The summed E-state index contributed by atoms with van der Waals surface area (Å²) in [4.78, 5) is 6.41. The summed E-state index contributed by atoms with van der Waals surface area (Å²) in [6.07, 6.45) is 2.80. The van der Waals surface area contributed by atoms with Crippen LogP contribution >= 0.6 is 15.9 Å². The van der Waals surface area contributed by atoms with Crippen molar-refractivity contribution in [2.24, 2.45) is 0 Å². The Balaban J connectivity index is 2.20. The maximum Gasteiger partial charge on any atom is 0.151 e. The maximum absolute atomic E-state index is 5.91. The third-order valence-electron chi connectivity index (χ3n) is 2.65. The molecule has 0 aromatic carbocycles. The number of aromatic nitrogens is 1. The lowest BCUT2D eigenvalue weighted by Crippen LogP contribution is -2.33. The highest BCUT2D eigenvalue weighted by Crippen LogP contribution is 2.26. The second kappa shape index (κ2) is 4.37. The summed E-state index contributed by atoms with van der Waals surface area (Å²) in [7, 11) is 2.01. The monoisotopic (exact) mass is 271 g/mol. The topological polar surface area (TPSA) is 51.4 Å². The van der Waals surface area contributed by atoms with Gasteiger partial charge in [0.05, 0.1) is 18.3 Å². The molecule has 1 aliphatic rings. The first-order chi connectivity index (χ1) is 7.18. The lowest BCUT2D eigenvalue weighted by atomic mass is 10.2. The van der Waals surface area contributed by atoms with Crippen molar-refractivity contribution in [2.45, 2.75) is 12.5 Å². The van der Waals surface area contributed by atoms with E-state index >= 15 is 0 Å². The average molecular weight is 272 g/mol. The number of anilines is 2. The van der Waals surface area contributed by atoms with Crippen LogP contribution in [-0.2, 0) is 4.74 Å². The largest absolute Gasteiger partial charge is 0.396 e. The van der Waals surface area contributed by atoms with E-state index in [9.17, 15) is 0 Å². The van der Waals surface area contributed by atoms with Gasteiger partial charge in [-0.3, -0.25) is 0 Å². The highest BCUT2D eigenvalue weighted by molar-refractivity contribution is 9.10. The van der Waals surface area contributed by atoms with Gasteiger partial charge in [0, 0.05) is 24.3 Å². The number of likely N-dealkylation sites (N-methyl/N-ethyl adjacent to an activating group) is 1. The molecule has 2 rings (SSSR count). The van der Waals surface area contributed by atoms with Crippen molar-refractivity contribution in [1.82, 2.24) is 4.98 Å². The number of nitrogens with two attached hydrogens (primary N) is 1. The van der Waals surface area contributed by atoms with Crippen LogP contribution in [0.4, 0.5) is 11.5 Å². The minimum absolute atomic E-state index is 0.390. The van der Waals surface area contributed by atoms with Crippen LogP contribution in [0.3, 0.4) is 0 Å². The van der Waals surface area contributed by atoms with Crippen LogP contribution in [0.2, 0.25) is 0 Å². The first-order valence-corrected chi connectivity index (χ1v) is 5.69. The van der Waals surface area contributed by atoms with Crippen molar-refractivity contribution >= 4 is 27.4 Å². The van der Waals surface area contributed by atoms with E-state index in [1.807, 2.05) is 13.1 Å². The summed E-state index contributed by atoms with van der Waals surface area (Å²) in [5.41, 5.74) is 6.61. The van der Waals surface area contributed by atoms with E-state index in [2.05, 4.69) is 25.8 Å². The van der Waals surface area contributed by atoms with Crippen molar-refractivity contribution in [3.05, 3.63) is 16.7 Å². The maximum atomic E-state index is 5.91. The molecule has 1 aliphatic heterocycles. The highest BCUT2D eigenvalue weighted by atomic mass is 79.9. The molecule has 1 fully saturated rings. The molecule has 0 radical (unpaired) electrons. The van der Waals surface area contributed by atoms with E-state index in [4.69, 9.17) is 10.5 Å². The summed E-state index contributed by atoms with van der Waals surface area (Å²) >= 11 is 3.34. The highest BCUT2D eigenvalue weighted by Gasteiger charge is 2.22. The van der Waals surface area contributed by atoms with Crippen molar-refractivity contribution in [2.75, 3.05) is 30.9 Å². The van der Waals surface area contributed by atoms with Crippen LogP contribution in [0.1, 0.15) is 6.42 Å². The lowest BCUT2D eigenvalue weighted by molar-refractivity contribution is 0.193. The summed E-state index contributed by atoms with van der Waals surface area (Å²) in [5.74, 6) is 0.828. The quantitative estimate of drug-likeness (QED) is 0.889. The summed E-state index contributed by atoms with van der Waals surface area (Å²) < 4.78 is 6.25. The summed E-state index contributed by atoms with van der Waals surface area (Å²) in [6.45, 7) is 1.58. The molecule has 1 aromatic heterocycles. The number of nitrogens with zero attached hydrogens (tertiary/aromatic N) is 2. The van der Waals surface area contributed by atoms with E-state index in [0.29, 0.717) is 11.7 Å². The molecular weight excluding hydrogens is 258 g/mol. The molecule has 1 aromatic rings. The van der Waals surface area contributed by atoms with E-state index in [0.717, 1.165) is 29.9 Å².